The monoisotopic (exact) mass is 455 g/mol. The molecule has 0 aliphatic carbocycles. The standard InChI is InChI=1S/C30H22BNO3/c33-31(34)23-16-18-24(19-17-23)32(25-11-6-10-22(20-25)21-8-2-1-3-9-21)28-14-7-13-27-26-12-4-5-15-29(26)35-30(27)28/h1-20,33-34H. The van der Waals surface area contributed by atoms with Gasteiger partial charge in [0.1, 0.15) is 5.58 Å². The molecule has 5 aromatic carbocycles. The van der Waals surface area contributed by atoms with Crippen LogP contribution in [0.5, 0.6) is 0 Å². The van der Waals surface area contributed by atoms with Crippen molar-refractivity contribution in [1.29, 1.82) is 0 Å². The van der Waals surface area contributed by atoms with Gasteiger partial charge in [0.25, 0.3) is 0 Å². The van der Waals surface area contributed by atoms with Crippen LogP contribution in [-0.2, 0) is 0 Å². The summed E-state index contributed by atoms with van der Waals surface area (Å²) in [4.78, 5) is 2.14. The van der Waals surface area contributed by atoms with Crippen LogP contribution >= 0.6 is 0 Å². The Morgan fingerprint density at radius 1 is 0.571 bits per heavy atom. The molecule has 0 bridgehead atoms. The van der Waals surface area contributed by atoms with Crippen LogP contribution in [0, 0.1) is 0 Å². The molecule has 35 heavy (non-hydrogen) atoms. The van der Waals surface area contributed by atoms with E-state index in [1.807, 2.05) is 54.6 Å². The van der Waals surface area contributed by atoms with E-state index >= 15 is 0 Å². The number of anilines is 3. The Balaban J connectivity index is 1.58. The first-order chi connectivity index (χ1) is 17.2. The number of rotatable bonds is 5. The van der Waals surface area contributed by atoms with Gasteiger partial charge in [-0.3, -0.25) is 0 Å². The van der Waals surface area contributed by atoms with E-state index < -0.39 is 7.12 Å². The molecule has 0 aliphatic rings. The summed E-state index contributed by atoms with van der Waals surface area (Å²) in [5, 5.41) is 21.3. The number of para-hydroxylation sites is 2. The van der Waals surface area contributed by atoms with E-state index in [0.717, 1.165) is 50.1 Å². The number of hydrogen-bond donors (Lipinski definition) is 2. The van der Waals surface area contributed by atoms with Gasteiger partial charge in [0.05, 0.1) is 5.69 Å². The van der Waals surface area contributed by atoms with Crippen LogP contribution < -0.4 is 10.4 Å². The maximum atomic E-state index is 9.60. The fourth-order valence-corrected chi connectivity index (χ4v) is 4.59. The highest BCUT2D eigenvalue weighted by atomic mass is 16.4. The Bertz CT molecular complexity index is 1630. The van der Waals surface area contributed by atoms with Crippen molar-refractivity contribution in [3.63, 3.8) is 0 Å². The van der Waals surface area contributed by atoms with E-state index in [0.29, 0.717) is 5.46 Å². The zero-order valence-corrected chi connectivity index (χ0v) is 18.9. The van der Waals surface area contributed by atoms with Crippen molar-refractivity contribution in [3.8, 4) is 11.1 Å². The minimum atomic E-state index is -1.52. The molecule has 0 aliphatic heterocycles. The number of hydrogen-bond acceptors (Lipinski definition) is 4. The highest BCUT2D eigenvalue weighted by molar-refractivity contribution is 6.58. The lowest BCUT2D eigenvalue weighted by Crippen LogP contribution is -2.29. The molecule has 168 valence electrons. The lowest BCUT2D eigenvalue weighted by atomic mass is 9.80. The largest absolute Gasteiger partial charge is 0.488 e. The first-order valence-corrected chi connectivity index (χ1v) is 11.5. The first-order valence-electron chi connectivity index (χ1n) is 11.5. The molecule has 4 nitrogen and oxygen atoms in total. The van der Waals surface area contributed by atoms with Crippen molar-refractivity contribution in [2.45, 2.75) is 0 Å². The second-order valence-corrected chi connectivity index (χ2v) is 8.47. The quantitative estimate of drug-likeness (QED) is 0.295. The Hall–Kier alpha value is -4.32. The van der Waals surface area contributed by atoms with Crippen LogP contribution in [0.3, 0.4) is 0 Å². The van der Waals surface area contributed by atoms with Crippen LogP contribution in [0.15, 0.2) is 126 Å². The summed E-state index contributed by atoms with van der Waals surface area (Å²) < 4.78 is 6.36. The Morgan fingerprint density at radius 2 is 1.26 bits per heavy atom. The van der Waals surface area contributed by atoms with E-state index in [9.17, 15) is 10.0 Å². The molecule has 0 saturated heterocycles. The summed E-state index contributed by atoms with van der Waals surface area (Å²) in [7, 11) is -1.52. The molecule has 1 aromatic heterocycles. The average molecular weight is 455 g/mol. The zero-order valence-electron chi connectivity index (χ0n) is 18.9. The third-order valence-corrected chi connectivity index (χ3v) is 6.29. The predicted octanol–water partition coefficient (Wildman–Crippen LogP) is 6.40. The lowest BCUT2D eigenvalue weighted by Gasteiger charge is -2.26. The average Bonchev–Trinajstić information content (AvgIpc) is 3.29. The SMILES string of the molecule is OB(O)c1ccc(N(c2cccc(-c3ccccc3)c2)c2cccc3c2oc2ccccc23)cc1. The molecule has 0 spiro atoms. The van der Waals surface area contributed by atoms with Gasteiger partial charge in [-0.2, -0.15) is 0 Å². The Morgan fingerprint density at radius 3 is 2.06 bits per heavy atom. The van der Waals surface area contributed by atoms with Gasteiger partial charge in [0.15, 0.2) is 5.58 Å². The second kappa shape index (κ2) is 8.80. The number of nitrogens with zero attached hydrogens (tertiary/aromatic N) is 1. The van der Waals surface area contributed by atoms with Gasteiger partial charge in [-0.05, 0) is 53.0 Å². The smallest absolute Gasteiger partial charge is 0.454 e. The summed E-state index contributed by atoms with van der Waals surface area (Å²) >= 11 is 0. The van der Waals surface area contributed by atoms with Crippen LogP contribution in [0.1, 0.15) is 0 Å². The molecule has 0 saturated carbocycles. The highest BCUT2D eigenvalue weighted by Crippen LogP contribution is 2.42. The summed E-state index contributed by atoms with van der Waals surface area (Å²) in [6, 6.07) is 40.1. The number of furan rings is 1. The topological polar surface area (TPSA) is 56.8 Å². The predicted molar refractivity (Wildman–Crippen MR) is 144 cm³/mol. The van der Waals surface area contributed by atoms with Crippen molar-refractivity contribution in [2.24, 2.45) is 0 Å². The Labute approximate surface area is 203 Å². The molecule has 0 atom stereocenters. The summed E-state index contributed by atoms with van der Waals surface area (Å²) in [6.45, 7) is 0. The third kappa shape index (κ3) is 3.87. The van der Waals surface area contributed by atoms with Gasteiger partial charge >= 0.3 is 7.12 Å². The third-order valence-electron chi connectivity index (χ3n) is 6.29. The normalized spacial score (nSPS) is 11.1. The molecule has 1 heterocycles. The maximum Gasteiger partial charge on any atom is 0.488 e. The van der Waals surface area contributed by atoms with Crippen molar-refractivity contribution in [2.75, 3.05) is 4.90 Å². The zero-order chi connectivity index (χ0) is 23.8. The summed E-state index contributed by atoms with van der Waals surface area (Å²) in [5.41, 5.74) is 7.07. The van der Waals surface area contributed by atoms with E-state index in [1.54, 1.807) is 12.1 Å². The number of benzene rings is 5. The van der Waals surface area contributed by atoms with Crippen molar-refractivity contribution < 1.29 is 14.5 Å². The van der Waals surface area contributed by atoms with Crippen LogP contribution in [0.4, 0.5) is 17.1 Å². The molecule has 0 amide bonds. The van der Waals surface area contributed by atoms with Gasteiger partial charge in [0.2, 0.25) is 0 Å². The van der Waals surface area contributed by atoms with Gasteiger partial charge < -0.3 is 19.4 Å². The van der Waals surface area contributed by atoms with Crippen molar-refractivity contribution in [3.05, 3.63) is 121 Å². The molecular formula is C30H22BNO3. The summed E-state index contributed by atoms with van der Waals surface area (Å²) in [6.07, 6.45) is 0. The Kier molecular flexibility index (Phi) is 5.34. The van der Waals surface area contributed by atoms with Crippen LogP contribution in [0.25, 0.3) is 33.1 Å². The second-order valence-electron chi connectivity index (χ2n) is 8.47. The molecule has 0 unspecified atom stereocenters. The minimum Gasteiger partial charge on any atom is -0.454 e. The first kappa shape index (κ1) is 21.2. The summed E-state index contributed by atoms with van der Waals surface area (Å²) in [5.74, 6) is 0. The molecule has 0 fully saturated rings. The van der Waals surface area contributed by atoms with Crippen molar-refractivity contribution >= 4 is 51.6 Å². The fraction of sp³-hybridized carbons (Fsp3) is 0. The molecule has 2 N–H and O–H groups in total. The number of fused-ring (bicyclic) bond motifs is 3. The highest BCUT2D eigenvalue weighted by Gasteiger charge is 2.20. The maximum absolute atomic E-state index is 9.60. The van der Waals surface area contributed by atoms with Crippen LogP contribution in [-0.4, -0.2) is 17.2 Å². The van der Waals surface area contributed by atoms with E-state index in [4.69, 9.17) is 4.42 Å². The molecule has 6 rings (SSSR count). The molecule has 6 aromatic rings. The van der Waals surface area contributed by atoms with E-state index in [-0.39, 0.29) is 0 Å². The van der Waals surface area contributed by atoms with Crippen LogP contribution in [0.2, 0.25) is 0 Å². The fourth-order valence-electron chi connectivity index (χ4n) is 4.59. The van der Waals surface area contributed by atoms with Gasteiger partial charge in [-0.15, -0.1) is 0 Å². The van der Waals surface area contributed by atoms with Gasteiger partial charge in [-0.1, -0.05) is 84.9 Å². The molecular weight excluding hydrogens is 433 g/mol. The van der Waals surface area contributed by atoms with Gasteiger partial charge in [-0.25, -0.2) is 0 Å². The molecule has 5 heteroatoms. The molecule has 0 radical (unpaired) electrons. The van der Waals surface area contributed by atoms with E-state index in [2.05, 4.69) is 59.5 Å². The minimum absolute atomic E-state index is 0.439. The van der Waals surface area contributed by atoms with Gasteiger partial charge in [0, 0.05) is 22.1 Å². The lowest BCUT2D eigenvalue weighted by molar-refractivity contribution is 0.426. The van der Waals surface area contributed by atoms with Crippen molar-refractivity contribution in [1.82, 2.24) is 0 Å². The van der Waals surface area contributed by atoms with E-state index in [1.165, 1.54) is 0 Å².